The lowest BCUT2D eigenvalue weighted by Crippen LogP contribution is -2.29. The zero-order chi connectivity index (χ0) is 18.7. The van der Waals surface area contributed by atoms with Crippen LogP contribution in [-0.2, 0) is 18.4 Å². The minimum absolute atomic E-state index is 0.0780. The van der Waals surface area contributed by atoms with E-state index in [0.717, 1.165) is 27.0 Å². The molecule has 6 nitrogen and oxygen atoms in total. The van der Waals surface area contributed by atoms with Crippen molar-refractivity contribution in [3.63, 3.8) is 0 Å². The van der Waals surface area contributed by atoms with Crippen LogP contribution in [0, 0.1) is 6.92 Å². The van der Waals surface area contributed by atoms with E-state index >= 15 is 0 Å². The minimum atomic E-state index is -0.0780. The fraction of sp³-hybridized carbons (Fsp3) is 0.278. The van der Waals surface area contributed by atoms with Gasteiger partial charge in [-0.25, -0.2) is 4.98 Å². The Morgan fingerprint density at radius 1 is 1.35 bits per heavy atom. The first-order chi connectivity index (χ1) is 12.4. The van der Waals surface area contributed by atoms with Gasteiger partial charge in [-0.1, -0.05) is 28.1 Å². The Bertz CT molecular complexity index is 903. The second-order valence-electron chi connectivity index (χ2n) is 6.18. The number of carbonyl (C=O) groups is 1. The molecule has 0 saturated carbocycles. The summed E-state index contributed by atoms with van der Waals surface area (Å²) in [6.07, 6.45) is 1.98. The Morgan fingerprint density at radius 3 is 2.73 bits per heavy atom. The normalized spacial score (nSPS) is 11.1. The third-order valence-electron chi connectivity index (χ3n) is 3.86. The van der Waals surface area contributed by atoms with E-state index in [-0.39, 0.29) is 5.91 Å². The molecule has 0 bridgehead atoms. The Balaban J connectivity index is 1.56. The number of anilines is 1. The molecule has 2 aromatic heterocycles. The van der Waals surface area contributed by atoms with E-state index in [1.807, 2.05) is 61.8 Å². The molecule has 3 rings (SSSR count). The molecule has 0 atom stereocenters. The summed E-state index contributed by atoms with van der Waals surface area (Å²) in [5.74, 6) is -0.0780. The number of carbonyl (C=O) groups excluding carboxylic acids is 1. The van der Waals surface area contributed by atoms with E-state index < -0.39 is 0 Å². The maximum atomic E-state index is 12.3. The van der Waals surface area contributed by atoms with E-state index in [2.05, 4.69) is 31.3 Å². The predicted octanol–water partition coefficient (Wildman–Crippen LogP) is 3.69. The van der Waals surface area contributed by atoms with Crippen molar-refractivity contribution < 1.29 is 4.79 Å². The monoisotopic (exact) mass is 433 g/mol. The molecule has 3 aromatic rings. The van der Waals surface area contributed by atoms with Crippen molar-refractivity contribution >= 4 is 38.3 Å². The number of rotatable bonds is 6. The Hall–Kier alpha value is -2.03. The van der Waals surface area contributed by atoms with Gasteiger partial charge in [-0.15, -0.1) is 11.3 Å². The third kappa shape index (κ3) is 4.78. The highest BCUT2D eigenvalue weighted by molar-refractivity contribution is 9.10. The van der Waals surface area contributed by atoms with Crippen LogP contribution in [0.4, 0.5) is 5.13 Å². The highest BCUT2D eigenvalue weighted by Gasteiger charge is 2.12. The summed E-state index contributed by atoms with van der Waals surface area (Å²) < 4.78 is 2.81. The zero-order valence-corrected chi connectivity index (χ0v) is 17.3. The highest BCUT2D eigenvalue weighted by Crippen LogP contribution is 2.26. The zero-order valence-electron chi connectivity index (χ0n) is 14.9. The van der Waals surface area contributed by atoms with Crippen molar-refractivity contribution in [3.05, 3.63) is 51.6 Å². The quantitative estimate of drug-likeness (QED) is 0.643. The fourth-order valence-electron chi connectivity index (χ4n) is 2.64. The molecule has 8 heteroatoms. The number of nitrogens with one attached hydrogen (secondary N) is 1. The van der Waals surface area contributed by atoms with Crippen molar-refractivity contribution in [2.24, 2.45) is 7.05 Å². The Kier molecular flexibility index (Phi) is 5.85. The second kappa shape index (κ2) is 8.11. The molecule has 0 aliphatic carbocycles. The van der Waals surface area contributed by atoms with Gasteiger partial charge in [0.05, 0.1) is 17.9 Å². The number of hydrogen-bond acceptors (Lipinski definition) is 5. The van der Waals surface area contributed by atoms with Crippen LogP contribution in [0.5, 0.6) is 0 Å². The maximum absolute atomic E-state index is 12.3. The maximum Gasteiger partial charge on any atom is 0.240 e. The molecule has 1 amide bonds. The number of benzene rings is 1. The summed E-state index contributed by atoms with van der Waals surface area (Å²) in [5, 5.41) is 9.76. The summed E-state index contributed by atoms with van der Waals surface area (Å²) in [4.78, 5) is 18.7. The summed E-state index contributed by atoms with van der Waals surface area (Å²) >= 11 is 4.85. The summed E-state index contributed by atoms with van der Waals surface area (Å²) in [6, 6.07) is 7.94. The molecule has 0 unspecified atom stereocenters. The topological polar surface area (TPSA) is 63.1 Å². The first-order valence-electron chi connectivity index (χ1n) is 8.09. The number of aryl methyl sites for hydroxylation is 2. The van der Waals surface area contributed by atoms with Gasteiger partial charge in [0.1, 0.15) is 0 Å². The van der Waals surface area contributed by atoms with Crippen molar-refractivity contribution in [3.8, 4) is 11.3 Å². The number of thiazole rings is 1. The van der Waals surface area contributed by atoms with Crippen LogP contribution < -0.4 is 5.32 Å². The number of aromatic nitrogens is 3. The van der Waals surface area contributed by atoms with Crippen molar-refractivity contribution in [1.82, 2.24) is 19.7 Å². The number of hydrogen-bond donors (Lipinski definition) is 1. The van der Waals surface area contributed by atoms with Gasteiger partial charge in [-0.3, -0.25) is 14.4 Å². The molecule has 1 aromatic carbocycles. The van der Waals surface area contributed by atoms with E-state index in [9.17, 15) is 4.79 Å². The van der Waals surface area contributed by atoms with E-state index in [4.69, 9.17) is 0 Å². The molecule has 0 fully saturated rings. The van der Waals surface area contributed by atoms with Gasteiger partial charge in [0.15, 0.2) is 5.13 Å². The average molecular weight is 434 g/mol. The first kappa shape index (κ1) is 18.8. The largest absolute Gasteiger partial charge is 0.301 e. The van der Waals surface area contributed by atoms with Gasteiger partial charge >= 0.3 is 0 Å². The molecule has 0 spiro atoms. The number of likely N-dealkylation sites (N-methyl/N-ethyl adjacent to an activating group) is 1. The van der Waals surface area contributed by atoms with Crippen LogP contribution in [-0.4, -0.2) is 39.2 Å². The van der Waals surface area contributed by atoms with E-state index in [0.29, 0.717) is 18.2 Å². The number of amides is 1. The lowest BCUT2D eigenvalue weighted by Gasteiger charge is -2.15. The molecular weight excluding hydrogens is 414 g/mol. The minimum Gasteiger partial charge on any atom is -0.301 e. The van der Waals surface area contributed by atoms with Gasteiger partial charge in [-0.05, 0) is 26.1 Å². The smallest absolute Gasteiger partial charge is 0.240 e. The van der Waals surface area contributed by atoms with Crippen LogP contribution in [0.3, 0.4) is 0 Å². The summed E-state index contributed by atoms with van der Waals surface area (Å²) in [5.41, 5.74) is 3.99. The molecule has 0 aliphatic heterocycles. The molecule has 0 radical (unpaired) electrons. The van der Waals surface area contributed by atoms with Crippen LogP contribution in [0.2, 0.25) is 0 Å². The van der Waals surface area contributed by atoms with Gasteiger partial charge in [0.25, 0.3) is 0 Å². The molecule has 0 aliphatic rings. The highest BCUT2D eigenvalue weighted by atomic mass is 79.9. The lowest BCUT2D eigenvalue weighted by molar-refractivity contribution is -0.117. The Labute approximate surface area is 165 Å². The van der Waals surface area contributed by atoms with E-state index in [1.165, 1.54) is 11.3 Å². The molecule has 1 N–H and O–H groups in total. The van der Waals surface area contributed by atoms with Crippen LogP contribution in [0.25, 0.3) is 11.3 Å². The predicted molar refractivity (Wildman–Crippen MR) is 108 cm³/mol. The van der Waals surface area contributed by atoms with Gasteiger partial charge < -0.3 is 5.32 Å². The standard InChI is InChI=1S/C18H20BrN5OS/c1-12-14(9-24(3)22-12)8-23(2)10-17(25)21-18-20-16(11-26-18)13-4-6-15(19)7-5-13/h4-7,9,11H,8,10H2,1-3H3,(H,20,21,25). The molecule has 136 valence electrons. The first-order valence-corrected chi connectivity index (χ1v) is 9.77. The van der Waals surface area contributed by atoms with Gasteiger partial charge in [0, 0.05) is 40.8 Å². The van der Waals surface area contributed by atoms with Crippen LogP contribution >= 0.6 is 27.3 Å². The number of nitrogens with zero attached hydrogens (tertiary/aromatic N) is 4. The lowest BCUT2D eigenvalue weighted by atomic mass is 10.2. The van der Waals surface area contributed by atoms with Crippen LogP contribution in [0.15, 0.2) is 40.3 Å². The molecule has 2 heterocycles. The third-order valence-corrected chi connectivity index (χ3v) is 5.15. The van der Waals surface area contributed by atoms with Crippen molar-refractivity contribution in [2.45, 2.75) is 13.5 Å². The summed E-state index contributed by atoms with van der Waals surface area (Å²) in [6.45, 7) is 2.94. The van der Waals surface area contributed by atoms with Gasteiger partial charge in [-0.2, -0.15) is 5.10 Å². The SMILES string of the molecule is Cc1nn(C)cc1CN(C)CC(=O)Nc1nc(-c2ccc(Br)cc2)cs1. The second-order valence-corrected chi connectivity index (χ2v) is 7.95. The molecular formula is C18H20BrN5OS. The summed E-state index contributed by atoms with van der Waals surface area (Å²) in [7, 11) is 3.82. The molecule has 0 saturated heterocycles. The van der Waals surface area contributed by atoms with Crippen molar-refractivity contribution in [2.75, 3.05) is 18.9 Å². The fourth-order valence-corrected chi connectivity index (χ4v) is 3.64. The molecule has 26 heavy (non-hydrogen) atoms. The number of halogens is 1. The Morgan fingerprint density at radius 2 is 2.08 bits per heavy atom. The van der Waals surface area contributed by atoms with Crippen molar-refractivity contribution in [1.29, 1.82) is 0 Å². The van der Waals surface area contributed by atoms with E-state index in [1.54, 1.807) is 4.68 Å². The van der Waals surface area contributed by atoms with Crippen LogP contribution in [0.1, 0.15) is 11.3 Å². The van der Waals surface area contributed by atoms with Gasteiger partial charge in [0.2, 0.25) is 5.91 Å². The average Bonchev–Trinajstić information content (AvgIpc) is 3.14.